The first-order valence-corrected chi connectivity index (χ1v) is 10.5. The molecule has 4 aliphatic carbocycles. The van der Waals surface area contributed by atoms with Gasteiger partial charge < -0.3 is 9.84 Å². The van der Waals surface area contributed by atoms with Crippen LogP contribution in [0.3, 0.4) is 0 Å². The Kier molecular flexibility index (Phi) is 4.38. The van der Waals surface area contributed by atoms with E-state index in [1.807, 2.05) is 0 Å². The molecule has 4 nitrogen and oxygen atoms in total. The molecule has 9 atom stereocenters. The minimum Gasteiger partial charge on any atom is -0.460 e. The molecule has 0 saturated heterocycles. The van der Waals surface area contributed by atoms with Crippen molar-refractivity contribution in [3.05, 3.63) is 0 Å². The molecule has 0 radical (unpaired) electrons. The van der Waals surface area contributed by atoms with Crippen molar-refractivity contribution in [2.24, 2.45) is 40.4 Å². The summed E-state index contributed by atoms with van der Waals surface area (Å²) < 4.78 is 5.42. The topological polar surface area (TPSA) is 70.3 Å². The number of hydrogen-bond acceptors (Lipinski definition) is 4. The van der Waals surface area contributed by atoms with Crippen molar-refractivity contribution in [2.75, 3.05) is 0 Å². The maximum Gasteiger partial charge on any atom is 0.302 e. The van der Waals surface area contributed by atoms with Crippen molar-refractivity contribution in [2.45, 2.75) is 84.3 Å². The van der Waals surface area contributed by atoms with Crippen molar-refractivity contribution < 1.29 is 14.6 Å². The minimum atomic E-state index is -0.539. The number of carbonyl (C=O) groups is 1. The lowest BCUT2D eigenvalue weighted by atomic mass is 9.44. The van der Waals surface area contributed by atoms with Gasteiger partial charge in [-0.25, -0.2) is 0 Å². The molecule has 0 aliphatic heterocycles. The summed E-state index contributed by atoms with van der Waals surface area (Å²) in [6, 6.07) is 2.61. The Bertz CT molecular complexity index is 627. The monoisotopic (exact) mass is 359 g/mol. The van der Waals surface area contributed by atoms with Gasteiger partial charge in [-0.1, -0.05) is 13.8 Å². The highest BCUT2D eigenvalue weighted by atomic mass is 16.6. The highest BCUT2D eigenvalue weighted by molar-refractivity contribution is 5.66. The summed E-state index contributed by atoms with van der Waals surface area (Å²) in [5.74, 6) is 2.49. The van der Waals surface area contributed by atoms with Crippen LogP contribution in [-0.2, 0) is 9.53 Å². The lowest BCUT2D eigenvalue weighted by Crippen LogP contribution is -2.57. The van der Waals surface area contributed by atoms with E-state index >= 15 is 0 Å². The summed E-state index contributed by atoms with van der Waals surface area (Å²) in [7, 11) is 0. The molecule has 1 N–H and O–H groups in total. The lowest BCUT2D eigenvalue weighted by Gasteiger charge is -2.61. The third-order valence-corrected chi connectivity index (χ3v) is 9.13. The summed E-state index contributed by atoms with van der Waals surface area (Å²) in [5, 5.41) is 20.3. The van der Waals surface area contributed by atoms with Gasteiger partial charge in [0.2, 0.25) is 0 Å². The average Bonchev–Trinajstić information content (AvgIpc) is 2.91. The molecule has 0 aromatic heterocycles. The number of esters is 1. The number of ether oxygens (including phenoxy) is 1. The predicted molar refractivity (Wildman–Crippen MR) is 97.8 cm³/mol. The standard InChI is InChI=1S/C22H33NO3/c1-13(24)26-20-10-14-4-6-16-17-7-5-15(12-23)21(17,2)9-8-18(16)22(14,3)11-19(20)25/h14-20,25H,4-11H2,1-3H3/t14-,15+,16-,17-,18-,19+,20-,21+,22-/m0/s1. The van der Waals surface area contributed by atoms with Gasteiger partial charge in [0.1, 0.15) is 6.10 Å². The van der Waals surface area contributed by atoms with Gasteiger partial charge in [0, 0.05) is 6.92 Å². The minimum absolute atomic E-state index is 0.144. The third-order valence-electron chi connectivity index (χ3n) is 9.13. The lowest BCUT2D eigenvalue weighted by molar-refractivity contribution is -0.181. The first kappa shape index (κ1) is 18.3. The Hall–Kier alpha value is -1.08. The van der Waals surface area contributed by atoms with Crippen LogP contribution in [0.1, 0.15) is 72.1 Å². The summed E-state index contributed by atoms with van der Waals surface area (Å²) in [6.07, 6.45) is 7.72. The molecule has 0 aromatic carbocycles. The van der Waals surface area contributed by atoms with Crippen LogP contribution in [0.5, 0.6) is 0 Å². The zero-order valence-electron chi connectivity index (χ0n) is 16.4. The third kappa shape index (κ3) is 2.53. The van der Waals surface area contributed by atoms with Crippen molar-refractivity contribution in [1.82, 2.24) is 0 Å². The molecular formula is C22H33NO3. The molecule has 0 unspecified atom stereocenters. The largest absolute Gasteiger partial charge is 0.460 e. The smallest absolute Gasteiger partial charge is 0.302 e. The van der Waals surface area contributed by atoms with Crippen LogP contribution < -0.4 is 0 Å². The van der Waals surface area contributed by atoms with Gasteiger partial charge in [0.25, 0.3) is 0 Å². The van der Waals surface area contributed by atoms with Crippen LogP contribution in [0.2, 0.25) is 0 Å². The van der Waals surface area contributed by atoms with E-state index in [1.165, 1.54) is 32.6 Å². The van der Waals surface area contributed by atoms with Gasteiger partial charge in [-0.3, -0.25) is 4.79 Å². The van der Waals surface area contributed by atoms with Gasteiger partial charge >= 0.3 is 5.97 Å². The number of carbonyl (C=O) groups excluding carboxylic acids is 1. The van der Waals surface area contributed by atoms with Crippen LogP contribution in [0.15, 0.2) is 0 Å². The van der Waals surface area contributed by atoms with E-state index in [9.17, 15) is 15.2 Å². The van der Waals surface area contributed by atoms with Crippen molar-refractivity contribution in [3.63, 3.8) is 0 Å². The highest BCUT2D eigenvalue weighted by Crippen LogP contribution is 2.67. The first-order chi connectivity index (χ1) is 12.3. The quantitative estimate of drug-likeness (QED) is 0.716. The van der Waals surface area contributed by atoms with Gasteiger partial charge in [0.05, 0.1) is 18.1 Å². The fraction of sp³-hybridized carbons (Fsp3) is 0.909. The molecule has 0 heterocycles. The number of aliphatic hydroxyl groups excluding tert-OH is 1. The van der Waals surface area contributed by atoms with E-state index in [2.05, 4.69) is 19.9 Å². The van der Waals surface area contributed by atoms with Crippen molar-refractivity contribution >= 4 is 5.97 Å². The van der Waals surface area contributed by atoms with Gasteiger partial charge in [0.15, 0.2) is 0 Å². The van der Waals surface area contributed by atoms with Crippen molar-refractivity contribution in [3.8, 4) is 6.07 Å². The second kappa shape index (κ2) is 6.23. The van der Waals surface area contributed by atoms with E-state index < -0.39 is 6.10 Å². The van der Waals surface area contributed by atoms with E-state index in [-0.39, 0.29) is 28.8 Å². The molecule has 26 heavy (non-hydrogen) atoms. The first-order valence-electron chi connectivity index (χ1n) is 10.5. The fourth-order valence-corrected chi connectivity index (χ4v) is 7.81. The van der Waals surface area contributed by atoms with E-state index in [4.69, 9.17) is 4.74 Å². The molecule has 4 fully saturated rings. The maximum atomic E-state index is 11.4. The molecule has 4 aliphatic rings. The molecule has 0 aromatic rings. The molecule has 0 bridgehead atoms. The van der Waals surface area contributed by atoms with Crippen LogP contribution in [0.25, 0.3) is 0 Å². The molecule has 4 rings (SSSR count). The Morgan fingerprint density at radius 2 is 1.85 bits per heavy atom. The summed E-state index contributed by atoms with van der Waals surface area (Å²) in [6.45, 7) is 6.20. The molecule has 0 spiro atoms. The number of rotatable bonds is 1. The van der Waals surface area contributed by atoms with Crippen LogP contribution >= 0.6 is 0 Å². The van der Waals surface area contributed by atoms with Crippen LogP contribution in [0.4, 0.5) is 0 Å². The van der Waals surface area contributed by atoms with E-state index in [0.29, 0.717) is 23.7 Å². The maximum absolute atomic E-state index is 11.4. The Balaban J connectivity index is 1.57. The van der Waals surface area contributed by atoms with Crippen LogP contribution in [-0.4, -0.2) is 23.3 Å². The highest BCUT2D eigenvalue weighted by Gasteiger charge is 2.61. The SMILES string of the molecule is CC(=O)O[C@H]1C[C@@H]2CC[C@@H]3[C@H](CC[C@]4(C)[C@@H](C#N)CC[C@@H]34)[C@@]2(C)C[C@H]1O. The van der Waals surface area contributed by atoms with E-state index in [0.717, 1.165) is 25.7 Å². The molecule has 4 heteroatoms. The Morgan fingerprint density at radius 3 is 2.54 bits per heavy atom. The van der Waals surface area contributed by atoms with E-state index in [1.54, 1.807) is 0 Å². The number of nitriles is 1. The number of hydrogen-bond donors (Lipinski definition) is 1. The zero-order chi connectivity index (χ0) is 18.7. The number of nitrogens with zero attached hydrogens (tertiary/aromatic N) is 1. The summed E-state index contributed by atoms with van der Waals surface area (Å²) in [5.41, 5.74) is 0.345. The summed E-state index contributed by atoms with van der Waals surface area (Å²) in [4.78, 5) is 11.4. The summed E-state index contributed by atoms with van der Waals surface area (Å²) >= 11 is 0. The number of fused-ring (bicyclic) bond motifs is 5. The molecular weight excluding hydrogens is 326 g/mol. The van der Waals surface area contributed by atoms with Crippen LogP contribution in [0, 0.1) is 51.8 Å². The Labute approximate surface area is 157 Å². The average molecular weight is 360 g/mol. The molecule has 0 amide bonds. The second-order valence-corrected chi connectivity index (χ2v) is 10.1. The zero-order valence-corrected chi connectivity index (χ0v) is 16.4. The predicted octanol–water partition coefficient (Wildman–Crippen LogP) is 4.07. The van der Waals surface area contributed by atoms with Gasteiger partial charge in [-0.05, 0) is 85.9 Å². The van der Waals surface area contributed by atoms with Gasteiger partial charge in [-0.2, -0.15) is 5.26 Å². The number of aliphatic hydroxyl groups is 1. The molecule has 4 saturated carbocycles. The molecule has 144 valence electrons. The fourth-order valence-electron chi connectivity index (χ4n) is 7.81. The normalized spacial score (nSPS) is 53.0. The second-order valence-electron chi connectivity index (χ2n) is 10.1. The van der Waals surface area contributed by atoms with Gasteiger partial charge in [-0.15, -0.1) is 0 Å². The Morgan fingerprint density at radius 1 is 1.12 bits per heavy atom. The van der Waals surface area contributed by atoms with Crippen molar-refractivity contribution in [1.29, 1.82) is 5.26 Å².